The van der Waals surface area contributed by atoms with Crippen LogP contribution in [0.15, 0.2) is 18.2 Å². The van der Waals surface area contributed by atoms with Crippen LogP contribution < -0.4 is 10.1 Å². The molecule has 0 bridgehead atoms. The van der Waals surface area contributed by atoms with Crippen molar-refractivity contribution in [1.82, 2.24) is 5.32 Å². The van der Waals surface area contributed by atoms with Crippen molar-refractivity contribution >= 4 is 5.69 Å². The van der Waals surface area contributed by atoms with E-state index in [4.69, 9.17) is 4.74 Å². The van der Waals surface area contributed by atoms with Gasteiger partial charge in [0, 0.05) is 24.6 Å². The van der Waals surface area contributed by atoms with Gasteiger partial charge in [-0.1, -0.05) is 0 Å². The molecular weight excluding hydrogens is 196 g/mol. The zero-order valence-electron chi connectivity index (χ0n) is 8.40. The molecule has 15 heavy (non-hydrogen) atoms. The summed E-state index contributed by atoms with van der Waals surface area (Å²) in [5, 5.41) is 14.0. The first kappa shape index (κ1) is 9.92. The van der Waals surface area contributed by atoms with Crippen LogP contribution in [0.4, 0.5) is 5.69 Å². The van der Waals surface area contributed by atoms with Crippen LogP contribution in [0.25, 0.3) is 0 Å². The first-order valence-corrected chi connectivity index (χ1v) is 4.75. The summed E-state index contributed by atoms with van der Waals surface area (Å²) in [7, 11) is 1.50. The fourth-order valence-corrected chi connectivity index (χ4v) is 1.66. The predicted molar refractivity (Wildman–Crippen MR) is 55.3 cm³/mol. The Morgan fingerprint density at radius 2 is 2.27 bits per heavy atom. The summed E-state index contributed by atoms with van der Waals surface area (Å²) in [6.07, 6.45) is 0. The Hall–Kier alpha value is -1.62. The molecule has 1 heterocycles. The molecule has 0 atom stereocenters. The van der Waals surface area contributed by atoms with E-state index in [1.165, 1.54) is 13.2 Å². The molecule has 0 aromatic heterocycles. The molecule has 1 aromatic carbocycles. The van der Waals surface area contributed by atoms with Crippen LogP contribution in [0.2, 0.25) is 0 Å². The molecule has 0 amide bonds. The lowest BCUT2D eigenvalue weighted by Gasteiger charge is -2.27. The number of rotatable bonds is 3. The van der Waals surface area contributed by atoms with Crippen LogP contribution in [0.1, 0.15) is 11.5 Å². The quantitative estimate of drug-likeness (QED) is 0.600. The molecule has 80 valence electrons. The monoisotopic (exact) mass is 208 g/mol. The van der Waals surface area contributed by atoms with Gasteiger partial charge in [-0.2, -0.15) is 0 Å². The van der Waals surface area contributed by atoms with Gasteiger partial charge in [-0.15, -0.1) is 0 Å². The van der Waals surface area contributed by atoms with Crippen LogP contribution in [-0.4, -0.2) is 25.1 Å². The minimum Gasteiger partial charge on any atom is -0.497 e. The van der Waals surface area contributed by atoms with Crippen LogP contribution in [0, 0.1) is 10.1 Å². The third-order valence-corrected chi connectivity index (χ3v) is 2.66. The van der Waals surface area contributed by atoms with Gasteiger partial charge in [-0.3, -0.25) is 10.1 Å². The summed E-state index contributed by atoms with van der Waals surface area (Å²) in [6, 6.07) is 5.02. The highest BCUT2D eigenvalue weighted by Crippen LogP contribution is 2.32. The van der Waals surface area contributed by atoms with Crippen molar-refractivity contribution in [3.05, 3.63) is 33.9 Å². The van der Waals surface area contributed by atoms with E-state index in [9.17, 15) is 10.1 Å². The highest BCUT2D eigenvalue weighted by Gasteiger charge is 2.26. The summed E-state index contributed by atoms with van der Waals surface area (Å²) >= 11 is 0. The Morgan fingerprint density at radius 1 is 1.53 bits per heavy atom. The third-order valence-electron chi connectivity index (χ3n) is 2.66. The number of benzene rings is 1. The highest BCUT2D eigenvalue weighted by atomic mass is 16.6. The number of nitro benzene ring substituents is 1. The Kier molecular flexibility index (Phi) is 2.55. The Labute approximate surface area is 87.2 Å². The van der Waals surface area contributed by atoms with Gasteiger partial charge >= 0.3 is 0 Å². The lowest BCUT2D eigenvalue weighted by molar-refractivity contribution is -0.385. The minimum atomic E-state index is -0.351. The van der Waals surface area contributed by atoms with Crippen LogP contribution in [0.3, 0.4) is 0 Å². The van der Waals surface area contributed by atoms with Crippen LogP contribution >= 0.6 is 0 Å². The lowest BCUT2D eigenvalue weighted by Crippen LogP contribution is -2.40. The zero-order chi connectivity index (χ0) is 10.8. The molecule has 0 aliphatic carbocycles. The van der Waals surface area contributed by atoms with E-state index < -0.39 is 0 Å². The number of nitro groups is 1. The fraction of sp³-hybridized carbons (Fsp3) is 0.400. The van der Waals surface area contributed by atoms with E-state index in [0.717, 1.165) is 18.7 Å². The molecule has 1 fully saturated rings. The largest absolute Gasteiger partial charge is 0.497 e. The molecule has 1 aromatic rings. The average molecular weight is 208 g/mol. The predicted octanol–water partition coefficient (Wildman–Crippen LogP) is 1.29. The van der Waals surface area contributed by atoms with Gasteiger partial charge in [-0.25, -0.2) is 0 Å². The van der Waals surface area contributed by atoms with Crippen LogP contribution in [0.5, 0.6) is 5.75 Å². The Balaban J connectivity index is 2.39. The van der Waals surface area contributed by atoms with Crippen molar-refractivity contribution in [3.63, 3.8) is 0 Å². The van der Waals surface area contributed by atoms with Gasteiger partial charge in [-0.05, 0) is 12.1 Å². The molecule has 1 aliphatic heterocycles. The summed E-state index contributed by atoms with van der Waals surface area (Å²) < 4.78 is 4.97. The highest BCUT2D eigenvalue weighted by molar-refractivity contribution is 5.48. The Morgan fingerprint density at radius 3 is 2.73 bits per heavy atom. The molecule has 0 saturated carbocycles. The van der Waals surface area contributed by atoms with Crippen molar-refractivity contribution < 1.29 is 9.66 Å². The van der Waals surface area contributed by atoms with E-state index in [1.54, 1.807) is 12.1 Å². The number of hydrogen-bond donors (Lipinski definition) is 1. The molecular formula is C10H12N2O3. The van der Waals surface area contributed by atoms with Crippen molar-refractivity contribution in [3.8, 4) is 5.75 Å². The van der Waals surface area contributed by atoms with Gasteiger partial charge < -0.3 is 10.1 Å². The van der Waals surface area contributed by atoms with E-state index in [0.29, 0.717) is 5.75 Å². The molecule has 0 radical (unpaired) electrons. The number of hydrogen-bond acceptors (Lipinski definition) is 4. The smallest absolute Gasteiger partial charge is 0.276 e. The second-order valence-electron chi connectivity index (χ2n) is 3.54. The first-order chi connectivity index (χ1) is 7.22. The van der Waals surface area contributed by atoms with Crippen molar-refractivity contribution in [2.24, 2.45) is 0 Å². The maximum Gasteiger partial charge on any atom is 0.276 e. The van der Waals surface area contributed by atoms with Gasteiger partial charge in [0.1, 0.15) is 5.75 Å². The average Bonchev–Trinajstić information content (AvgIpc) is 2.15. The molecule has 5 nitrogen and oxygen atoms in total. The van der Waals surface area contributed by atoms with E-state index in [1.807, 2.05) is 0 Å². The molecule has 0 spiro atoms. The van der Waals surface area contributed by atoms with Gasteiger partial charge in [0.05, 0.1) is 18.1 Å². The molecule has 1 aliphatic rings. The minimum absolute atomic E-state index is 0.154. The maximum atomic E-state index is 10.9. The summed E-state index contributed by atoms with van der Waals surface area (Å²) in [6.45, 7) is 1.63. The van der Waals surface area contributed by atoms with Gasteiger partial charge in [0.15, 0.2) is 0 Å². The zero-order valence-corrected chi connectivity index (χ0v) is 8.40. The van der Waals surface area contributed by atoms with E-state index in [-0.39, 0.29) is 16.5 Å². The SMILES string of the molecule is COc1ccc(C2CNC2)c([N+](=O)[O-])c1. The van der Waals surface area contributed by atoms with Crippen LogP contribution in [-0.2, 0) is 0 Å². The molecule has 2 rings (SSSR count). The molecule has 1 N–H and O–H groups in total. The maximum absolute atomic E-state index is 10.9. The van der Waals surface area contributed by atoms with Gasteiger partial charge in [0.2, 0.25) is 0 Å². The summed E-state index contributed by atoms with van der Waals surface area (Å²) in [4.78, 5) is 10.5. The second-order valence-corrected chi connectivity index (χ2v) is 3.54. The first-order valence-electron chi connectivity index (χ1n) is 4.75. The standard InChI is InChI=1S/C10H12N2O3/c1-15-8-2-3-9(7-5-11-6-7)10(4-8)12(13)14/h2-4,7,11H,5-6H2,1H3. The van der Waals surface area contributed by atoms with Crippen molar-refractivity contribution in [2.45, 2.75) is 5.92 Å². The van der Waals surface area contributed by atoms with Gasteiger partial charge in [0.25, 0.3) is 5.69 Å². The van der Waals surface area contributed by atoms with Crippen molar-refractivity contribution in [1.29, 1.82) is 0 Å². The second kappa shape index (κ2) is 3.86. The topological polar surface area (TPSA) is 64.4 Å². The molecule has 0 unspecified atom stereocenters. The van der Waals surface area contributed by atoms with Crippen molar-refractivity contribution in [2.75, 3.05) is 20.2 Å². The molecule has 1 saturated heterocycles. The van der Waals surface area contributed by atoms with E-state index >= 15 is 0 Å². The normalized spacial score (nSPS) is 15.8. The molecule has 5 heteroatoms. The lowest BCUT2D eigenvalue weighted by atomic mass is 9.92. The number of methoxy groups -OCH3 is 1. The number of ether oxygens (including phenoxy) is 1. The van der Waals surface area contributed by atoms with E-state index in [2.05, 4.69) is 5.32 Å². The fourth-order valence-electron chi connectivity index (χ4n) is 1.66. The summed E-state index contributed by atoms with van der Waals surface area (Å²) in [5.74, 6) is 0.786. The number of nitrogens with one attached hydrogen (secondary N) is 1. The Bertz CT molecular complexity index is 388. The summed E-state index contributed by atoms with van der Waals surface area (Å²) in [5.41, 5.74) is 0.945. The third kappa shape index (κ3) is 1.78. The number of nitrogens with zero attached hydrogens (tertiary/aromatic N) is 1.